The molecule has 0 unspecified atom stereocenters. The Hall–Kier alpha value is -4.28. The van der Waals surface area contributed by atoms with E-state index in [1.807, 2.05) is 36.4 Å². The molecule has 0 fully saturated rings. The second-order valence-electron chi connectivity index (χ2n) is 8.00. The van der Waals surface area contributed by atoms with Crippen LogP contribution in [0.5, 0.6) is 0 Å². The average molecular weight is 505 g/mol. The first-order valence-corrected chi connectivity index (χ1v) is 12.6. The van der Waals surface area contributed by atoms with Crippen LogP contribution in [0.1, 0.15) is 15.9 Å². The number of carbonyl (C=O) groups is 2. The van der Waals surface area contributed by atoms with Gasteiger partial charge in [0.1, 0.15) is 11.9 Å². The molecule has 1 heterocycles. The second-order valence-corrected chi connectivity index (χ2v) is 9.71. The molecule has 4 rings (SSSR count). The number of nitrogens with one attached hydrogen (secondary N) is 3. The van der Waals surface area contributed by atoms with E-state index in [1.54, 1.807) is 30.5 Å². The summed E-state index contributed by atoms with van der Waals surface area (Å²) in [6, 6.07) is 22.5. The number of aliphatic carboxylic acids is 1. The number of hydrogen-bond donors (Lipinski definition) is 4. The van der Waals surface area contributed by atoms with Crippen molar-refractivity contribution >= 4 is 38.5 Å². The van der Waals surface area contributed by atoms with Crippen LogP contribution in [0.4, 0.5) is 5.82 Å². The second kappa shape index (κ2) is 11.0. The lowest BCUT2D eigenvalue weighted by atomic mass is 10.0. The molecule has 0 aliphatic carbocycles. The maximum atomic E-state index is 12.7. The van der Waals surface area contributed by atoms with Crippen LogP contribution in [0.3, 0.4) is 0 Å². The Morgan fingerprint density at radius 3 is 2.33 bits per heavy atom. The molecule has 9 nitrogen and oxygen atoms in total. The monoisotopic (exact) mass is 504 g/mol. The summed E-state index contributed by atoms with van der Waals surface area (Å²) in [6.07, 6.45) is 1.71. The minimum Gasteiger partial charge on any atom is -0.480 e. The molecule has 36 heavy (non-hydrogen) atoms. The molecule has 4 N–H and O–H groups in total. The Balaban J connectivity index is 1.40. The molecule has 1 aromatic heterocycles. The van der Waals surface area contributed by atoms with E-state index in [2.05, 4.69) is 20.3 Å². The Kier molecular flexibility index (Phi) is 7.57. The highest BCUT2D eigenvalue weighted by Gasteiger charge is 2.26. The predicted molar refractivity (Wildman–Crippen MR) is 136 cm³/mol. The lowest BCUT2D eigenvalue weighted by Gasteiger charge is -2.16. The zero-order valence-electron chi connectivity index (χ0n) is 19.1. The molecule has 0 spiro atoms. The standard InChI is InChI=1S/C26H24N4O5S/c31-25(29-17-23(26(32)33)30-36(34,35)22-6-2-1-3-7-22)21-12-11-19-14-18(9-10-20(19)15-21)16-28-24-8-4-5-13-27-24/h1-15,23,30H,16-17H2,(H,27,28)(H,29,31)(H,32,33)/t23-/m0/s1. The summed E-state index contributed by atoms with van der Waals surface area (Å²) in [5, 5.41) is 17.0. The zero-order valence-corrected chi connectivity index (χ0v) is 19.9. The van der Waals surface area contributed by atoms with Crippen molar-refractivity contribution in [3.8, 4) is 0 Å². The van der Waals surface area contributed by atoms with E-state index in [1.165, 1.54) is 24.3 Å². The van der Waals surface area contributed by atoms with Gasteiger partial charge in [-0.25, -0.2) is 13.4 Å². The number of benzene rings is 3. The van der Waals surface area contributed by atoms with Gasteiger partial charge in [0.2, 0.25) is 10.0 Å². The zero-order chi connectivity index (χ0) is 25.5. The summed E-state index contributed by atoms with van der Waals surface area (Å²) < 4.78 is 27.1. The van der Waals surface area contributed by atoms with Gasteiger partial charge in [-0.1, -0.05) is 42.5 Å². The van der Waals surface area contributed by atoms with Crippen molar-refractivity contribution in [1.29, 1.82) is 0 Å². The first-order valence-electron chi connectivity index (χ1n) is 11.1. The van der Waals surface area contributed by atoms with E-state index in [4.69, 9.17) is 0 Å². The molecule has 184 valence electrons. The van der Waals surface area contributed by atoms with Gasteiger partial charge < -0.3 is 15.7 Å². The van der Waals surface area contributed by atoms with Gasteiger partial charge in [-0.2, -0.15) is 4.72 Å². The predicted octanol–water partition coefficient (Wildman–Crippen LogP) is 3.01. The Labute approximate surface area is 208 Å². The molecule has 1 atom stereocenters. The summed E-state index contributed by atoms with van der Waals surface area (Å²) in [5.74, 6) is -1.14. The van der Waals surface area contributed by atoms with Gasteiger partial charge in [-0.05, 0) is 58.8 Å². The van der Waals surface area contributed by atoms with Gasteiger partial charge >= 0.3 is 5.97 Å². The van der Waals surface area contributed by atoms with Crippen molar-refractivity contribution < 1.29 is 23.1 Å². The summed E-state index contributed by atoms with van der Waals surface area (Å²) in [4.78, 5) is 28.5. The Morgan fingerprint density at radius 1 is 0.889 bits per heavy atom. The van der Waals surface area contributed by atoms with Crippen molar-refractivity contribution in [3.63, 3.8) is 0 Å². The fourth-order valence-corrected chi connectivity index (χ4v) is 4.75. The van der Waals surface area contributed by atoms with Crippen LogP contribution in [0, 0.1) is 0 Å². The maximum absolute atomic E-state index is 12.7. The lowest BCUT2D eigenvalue weighted by molar-refractivity contribution is -0.138. The number of carboxylic acid groups (broad SMARTS) is 1. The first-order chi connectivity index (χ1) is 17.3. The topological polar surface area (TPSA) is 137 Å². The highest BCUT2D eigenvalue weighted by molar-refractivity contribution is 7.89. The normalized spacial score (nSPS) is 12.1. The minimum absolute atomic E-state index is 0.0632. The molecule has 4 aromatic rings. The number of nitrogens with zero attached hydrogens (tertiary/aromatic N) is 1. The van der Waals surface area contributed by atoms with E-state index in [0.29, 0.717) is 12.1 Å². The molecule has 0 aliphatic rings. The van der Waals surface area contributed by atoms with Gasteiger partial charge in [0.15, 0.2) is 0 Å². The molecule has 10 heteroatoms. The average Bonchev–Trinajstić information content (AvgIpc) is 2.90. The SMILES string of the molecule is O=C(NC[C@H](NS(=O)(=O)c1ccccc1)C(=O)O)c1ccc2cc(CNc3ccccn3)ccc2c1. The Bertz CT molecular complexity index is 1480. The molecule has 0 aliphatic heterocycles. The molecule has 0 saturated carbocycles. The summed E-state index contributed by atoms with van der Waals surface area (Å²) >= 11 is 0. The van der Waals surface area contributed by atoms with Gasteiger partial charge in [-0.3, -0.25) is 9.59 Å². The molecule has 0 bridgehead atoms. The third kappa shape index (κ3) is 6.23. The van der Waals surface area contributed by atoms with E-state index in [-0.39, 0.29) is 4.90 Å². The van der Waals surface area contributed by atoms with Crippen molar-refractivity contribution in [3.05, 3.63) is 102 Å². The number of rotatable bonds is 10. The fourth-order valence-electron chi connectivity index (χ4n) is 3.54. The van der Waals surface area contributed by atoms with Crippen LogP contribution in [0.2, 0.25) is 0 Å². The molecule has 3 aromatic carbocycles. The minimum atomic E-state index is -4.06. The lowest BCUT2D eigenvalue weighted by Crippen LogP contribution is -2.48. The van der Waals surface area contributed by atoms with Crippen LogP contribution in [-0.2, 0) is 21.4 Å². The number of hydrogen-bond acceptors (Lipinski definition) is 6. The number of carbonyl (C=O) groups excluding carboxylic acids is 1. The highest BCUT2D eigenvalue weighted by atomic mass is 32.2. The van der Waals surface area contributed by atoms with Crippen molar-refractivity contribution in [1.82, 2.24) is 15.0 Å². The van der Waals surface area contributed by atoms with Crippen LogP contribution in [-0.4, -0.2) is 43.0 Å². The summed E-state index contributed by atoms with van der Waals surface area (Å²) in [6.45, 7) is 0.168. The quantitative estimate of drug-likeness (QED) is 0.260. The van der Waals surface area contributed by atoms with Crippen LogP contribution >= 0.6 is 0 Å². The van der Waals surface area contributed by atoms with Gasteiger partial charge in [0.25, 0.3) is 5.91 Å². The largest absolute Gasteiger partial charge is 0.480 e. The number of sulfonamides is 1. The third-order valence-electron chi connectivity index (χ3n) is 5.42. The molecule has 0 radical (unpaired) electrons. The van der Waals surface area contributed by atoms with Crippen LogP contribution in [0.25, 0.3) is 10.8 Å². The summed E-state index contributed by atoms with van der Waals surface area (Å²) in [7, 11) is -4.06. The fraction of sp³-hybridized carbons (Fsp3) is 0.115. The number of pyridine rings is 1. The number of carboxylic acids is 1. The molecule has 0 saturated heterocycles. The molecular weight excluding hydrogens is 480 g/mol. The number of anilines is 1. The van der Waals surface area contributed by atoms with Gasteiger partial charge in [-0.15, -0.1) is 0 Å². The highest BCUT2D eigenvalue weighted by Crippen LogP contribution is 2.19. The van der Waals surface area contributed by atoms with E-state index in [0.717, 1.165) is 22.2 Å². The van der Waals surface area contributed by atoms with E-state index < -0.39 is 34.5 Å². The smallest absolute Gasteiger partial charge is 0.323 e. The van der Waals surface area contributed by atoms with Gasteiger partial charge in [0, 0.05) is 24.8 Å². The summed E-state index contributed by atoms with van der Waals surface area (Å²) in [5.41, 5.74) is 1.37. The van der Waals surface area contributed by atoms with Crippen LogP contribution in [0.15, 0.2) is 96.0 Å². The van der Waals surface area contributed by atoms with E-state index >= 15 is 0 Å². The van der Waals surface area contributed by atoms with Crippen molar-refractivity contribution in [2.45, 2.75) is 17.5 Å². The molecule has 1 amide bonds. The van der Waals surface area contributed by atoms with Crippen molar-refractivity contribution in [2.24, 2.45) is 0 Å². The number of aromatic nitrogens is 1. The third-order valence-corrected chi connectivity index (χ3v) is 6.91. The molecular formula is C26H24N4O5S. The maximum Gasteiger partial charge on any atom is 0.323 e. The van der Waals surface area contributed by atoms with Gasteiger partial charge in [0.05, 0.1) is 4.90 Å². The number of fused-ring (bicyclic) bond motifs is 1. The number of amides is 1. The van der Waals surface area contributed by atoms with Crippen LogP contribution < -0.4 is 15.4 Å². The first kappa shape index (κ1) is 24.8. The Morgan fingerprint density at radius 2 is 1.61 bits per heavy atom. The van der Waals surface area contributed by atoms with E-state index in [9.17, 15) is 23.1 Å². The van der Waals surface area contributed by atoms with Crippen molar-refractivity contribution in [2.75, 3.05) is 11.9 Å².